The maximum atomic E-state index is 3.13. The molecule has 1 aliphatic carbocycles. The SMILES string of the molecule is CNc1ccc(C=CC(C=C[NH2+]C)=C2C=CC=CC2)cc1. The van der Waals surface area contributed by atoms with Gasteiger partial charge < -0.3 is 10.6 Å². The number of allylic oxidation sites excluding steroid dienone is 8. The van der Waals surface area contributed by atoms with Crippen molar-refractivity contribution in [3.05, 3.63) is 83.6 Å². The lowest BCUT2D eigenvalue weighted by molar-refractivity contribution is -0.556. The van der Waals surface area contributed by atoms with Crippen molar-refractivity contribution in [2.75, 3.05) is 19.4 Å². The molecule has 0 saturated heterocycles. The first-order valence-corrected chi connectivity index (χ1v) is 7.32. The highest BCUT2D eigenvalue weighted by molar-refractivity contribution is 5.59. The van der Waals surface area contributed by atoms with E-state index in [-0.39, 0.29) is 0 Å². The summed E-state index contributed by atoms with van der Waals surface area (Å²) in [6, 6.07) is 8.42. The largest absolute Gasteiger partial charge is 0.388 e. The van der Waals surface area contributed by atoms with Crippen molar-refractivity contribution in [3.8, 4) is 0 Å². The summed E-state index contributed by atoms with van der Waals surface area (Å²) in [6.07, 6.45) is 18.2. The van der Waals surface area contributed by atoms with Gasteiger partial charge in [0.1, 0.15) is 0 Å². The quantitative estimate of drug-likeness (QED) is 0.851. The lowest BCUT2D eigenvalue weighted by Crippen LogP contribution is -2.72. The number of hydrogen-bond acceptors (Lipinski definition) is 1. The average molecular weight is 279 g/mol. The van der Waals surface area contributed by atoms with Crippen molar-refractivity contribution in [3.63, 3.8) is 0 Å². The van der Waals surface area contributed by atoms with Crippen molar-refractivity contribution in [1.82, 2.24) is 0 Å². The molecule has 21 heavy (non-hydrogen) atoms. The zero-order valence-electron chi connectivity index (χ0n) is 12.7. The van der Waals surface area contributed by atoms with Crippen molar-refractivity contribution in [1.29, 1.82) is 0 Å². The van der Waals surface area contributed by atoms with E-state index in [4.69, 9.17) is 0 Å². The molecule has 0 spiro atoms. The van der Waals surface area contributed by atoms with Crippen LogP contribution in [0.5, 0.6) is 0 Å². The van der Waals surface area contributed by atoms with Crippen LogP contribution in [0.4, 0.5) is 5.69 Å². The predicted molar refractivity (Wildman–Crippen MR) is 91.9 cm³/mol. The monoisotopic (exact) mass is 279 g/mol. The van der Waals surface area contributed by atoms with Crippen molar-refractivity contribution in [2.45, 2.75) is 6.42 Å². The van der Waals surface area contributed by atoms with Crippen LogP contribution >= 0.6 is 0 Å². The summed E-state index contributed by atoms with van der Waals surface area (Å²) >= 11 is 0. The normalized spacial score (nSPS) is 16.9. The van der Waals surface area contributed by atoms with Crippen LogP contribution in [0.1, 0.15) is 12.0 Å². The van der Waals surface area contributed by atoms with E-state index < -0.39 is 0 Å². The number of hydrogen-bond donors (Lipinski definition) is 2. The molecule has 0 saturated carbocycles. The Bertz CT molecular complexity index is 599. The molecule has 0 atom stereocenters. The number of nitrogens with one attached hydrogen (secondary N) is 1. The van der Waals surface area contributed by atoms with Crippen LogP contribution in [0.25, 0.3) is 6.08 Å². The Morgan fingerprint density at radius 2 is 1.95 bits per heavy atom. The molecule has 0 radical (unpaired) electrons. The van der Waals surface area contributed by atoms with Gasteiger partial charge in [-0.05, 0) is 41.3 Å². The first-order valence-electron chi connectivity index (χ1n) is 7.32. The molecule has 0 bridgehead atoms. The van der Waals surface area contributed by atoms with Gasteiger partial charge in [-0.3, -0.25) is 0 Å². The molecule has 0 fully saturated rings. The van der Waals surface area contributed by atoms with Gasteiger partial charge in [-0.2, -0.15) is 0 Å². The Balaban J connectivity index is 2.21. The molecule has 0 amide bonds. The molecule has 0 aromatic heterocycles. The second kappa shape index (κ2) is 8.08. The van der Waals surface area contributed by atoms with Gasteiger partial charge in [0.15, 0.2) is 0 Å². The highest BCUT2D eigenvalue weighted by Crippen LogP contribution is 2.19. The zero-order valence-corrected chi connectivity index (χ0v) is 12.7. The maximum Gasteiger partial charge on any atom is 0.0929 e. The summed E-state index contributed by atoms with van der Waals surface area (Å²) in [7, 11) is 3.97. The van der Waals surface area contributed by atoms with E-state index in [1.54, 1.807) is 0 Å². The van der Waals surface area contributed by atoms with Crippen LogP contribution in [0.15, 0.2) is 78.1 Å². The highest BCUT2D eigenvalue weighted by atomic mass is 14.8. The Kier molecular flexibility index (Phi) is 5.80. The van der Waals surface area contributed by atoms with Crippen LogP contribution in [0.3, 0.4) is 0 Å². The molecule has 0 aliphatic heterocycles. The summed E-state index contributed by atoms with van der Waals surface area (Å²) in [5.41, 5.74) is 4.94. The van der Waals surface area contributed by atoms with Crippen LogP contribution in [-0.4, -0.2) is 14.1 Å². The van der Waals surface area contributed by atoms with E-state index in [9.17, 15) is 0 Å². The summed E-state index contributed by atoms with van der Waals surface area (Å²) in [6.45, 7) is 0. The summed E-state index contributed by atoms with van der Waals surface area (Å²) in [4.78, 5) is 0. The fourth-order valence-electron chi connectivity index (χ4n) is 2.14. The minimum absolute atomic E-state index is 0.989. The fraction of sp³-hybridized carbons (Fsp3) is 0.158. The van der Waals surface area contributed by atoms with E-state index >= 15 is 0 Å². The third-order valence-electron chi connectivity index (χ3n) is 3.38. The van der Waals surface area contributed by atoms with Crippen molar-refractivity contribution < 1.29 is 5.32 Å². The van der Waals surface area contributed by atoms with Crippen LogP contribution in [0.2, 0.25) is 0 Å². The Labute approximate surface area is 127 Å². The minimum atomic E-state index is 0.989. The number of anilines is 1. The summed E-state index contributed by atoms with van der Waals surface area (Å²) < 4.78 is 0. The number of benzene rings is 1. The van der Waals surface area contributed by atoms with Gasteiger partial charge in [0.05, 0.1) is 13.2 Å². The third-order valence-corrected chi connectivity index (χ3v) is 3.38. The van der Waals surface area contributed by atoms with E-state index in [0.717, 1.165) is 12.1 Å². The predicted octanol–water partition coefficient (Wildman–Crippen LogP) is 3.26. The van der Waals surface area contributed by atoms with Crippen molar-refractivity contribution >= 4 is 11.8 Å². The molecule has 1 aromatic rings. The molecule has 1 aliphatic rings. The van der Waals surface area contributed by atoms with Crippen LogP contribution in [-0.2, 0) is 0 Å². The fourth-order valence-corrected chi connectivity index (χ4v) is 2.14. The molecule has 0 unspecified atom stereocenters. The van der Waals surface area contributed by atoms with Gasteiger partial charge in [0.2, 0.25) is 0 Å². The second-order valence-corrected chi connectivity index (χ2v) is 4.87. The highest BCUT2D eigenvalue weighted by Gasteiger charge is 2.00. The molecule has 0 heterocycles. The number of nitrogens with two attached hydrogens (primary N) is 1. The molecular weight excluding hydrogens is 256 g/mol. The first kappa shape index (κ1) is 15.1. The Morgan fingerprint density at radius 3 is 2.57 bits per heavy atom. The lowest BCUT2D eigenvalue weighted by Gasteiger charge is -2.06. The van der Waals surface area contributed by atoms with Gasteiger partial charge in [-0.15, -0.1) is 0 Å². The lowest BCUT2D eigenvalue weighted by atomic mass is 10.00. The molecular formula is C19H23N2+. The van der Waals surface area contributed by atoms with Gasteiger partial charge in [-0.25, -0.2) is 0 Å². The maximum absolute atomic E-state index is 3.13. The molecule has 2 heteroatoms. The van der Waals surface area contributed by atoms with Gasteiger partial charge in [0, 0.05) is 12.7 Å². The van der Waals surface area contributed by atoms with Crippen LogP contribution in [0, 0.1) is 0 Å². The Hall–Kier alpha value is -2.32. The molecule has 3 N–H and O–H groups in total. The van der Waals surface area contributed by atoms with E-state index in [0.29, 0.717) is 0 Å². The van der Waals surface area contributed by atoms with Crippen LogP contribution < -0.4 is 10.6 Å². The summed E-state index contributed by atoms with van der Waals surface area (Å²) in [5.74, 6) is 0. The second-order valence-electron chi connectivity index (χ2n) is 4.87. The van der Waals surface area contributed by atoms with Gasteiger partial charge >= 0.3 is 0 Å². The smallest absolute Gasteiger partial charge is 0.0929 e. The summed E-state index contributed by atoms with van der Waals surface area (Å²) in [5, 5.41) is 5.19. The topological polar surface area (TPSA) is 28.6 Å². The number of quaternary nitrogens is 1. The van der Waals surface area contributed by atoms with E-state index in [2.05, 4.69) is 83.6 Å². The van der Waals surface area contributed by atoms with Gasteiger partial charge in [0.25, 0.3) is 0 Å². The van der Waals surface area contributed by atoms with E-state index in [1.807, 2.05) is 14.1 Å². The first-order chi connectivity index (χ1) is 10.3. The van der Waals surface area contributed by atoms with Gasteiger partial charge in [-0.1, -0.05) is 48.6 Å². The third kappa shape index (κ3) is 4.62. The molecule has 2 rings (SSSR count). The Morgan fingerprint density at radius 1 is 1.14 bits per heavy atom. The average Bonchev–Trinajstić information content (AvgIpc) is 2.56. The minimum Gasteiger partial charge on any atom is -0.388 e. The number of rotatable bonds is 5. The van der Waals surface area contributed by atoms with E-state index in [1.165, 1.54) is 16.7 Å². The zero-order chi connectivity index (χ0) is 14.9. The molecule has 2 nitrogen and oxygen atoms in total. The van der Waals surface area contributed by atoms with Crippen molar-refractivity contribution in [2.24, 2.45) is 0 Å². The molecule has 1 aromatic carbocycles. The standard InChI is InChI=1S/C19H22N2/c1-20-15-14-18(17-6-4-3-5-7-17)11-8-16-9-12-19(21-2)13-10-16/h3-6,8-15,20-21H,7H2,1-2H3/p+1. The molecule has 108 valence electrons.